The lowest BCUT2D eigenvalue weighted by Gasteiger charge is -2.03. The lowest BCUT2D eigenvalue weighted by Crippen LogP contribution is -2.30. The number of sulfonamides is 1. The predicted molar refractivity (Wildman–Crippen MR) is 53.3 cm³/mol. The van der Waals surface area contributed by atoms with Gasteiger partial charge in [-0.05, 0) is 6.07 Å². The second-order valence-corrected chi connectivity index (χ2v) is 4.81. The van der Waals surface area contributed by atoms with Gasteiger partial charge >= 0.3 is 0 Å². The molecule has 0 aliphatic rings. The second kappa shape index (κ2) is 5.14. The summed E-state index contributed by atoms with van der Waals surface area (Å²) in [6, 6.07) is 1.86. The summed E-state index contributed by atoms with van der Waals surface area (Å²) in [5.74, 6) is 0. The Kier molecular flexibility index (Phi) is 4.12. The van der Waals surface area contributed by atoms with Crippen LogP contribution in [0.5, 0.6) is 0 Å². The Labute approximate surface area is 83.5 Å². The molecule has 1 heterocycles. The highest BCUT2D eigenvalue weighted by atomic mass is 32.2. The second-order valence-electron chi connectivity index (χ2n) is 2.97. The van der Waals surface area contributed by atoms with Crippen LogP contribution in [0.1, 0.15) is 5.56 Å². The topological polar surface area (TPSA) is 71.3 Å². The molecule has 0 fully saturated rings. The molecule has 0 unspecified atom stereocenters. The zero-order valence-electron chi connectivity index (χ0n) is 7.99. The normalized spacial score (nSPS) is 11.8. The Balaban J connectivity index is 2.06. The fraction of sp³-hybridized carbons (Fsp3) is 0.500. The average Bonchev–Trinajstić information content (AvgIpc) is 2.54. The van der Waals surface area contributed by atoms with Gasteiger partial charge in [0.2, 0.25) is 10.0 Å². The van der Waals surface area contributed by atoms with E-state index < -0.39 is 10.0 Å². The quantitative estimate of drug-likeness (QED) is 0.655. The third-order valence-electron chi connectivity index (χ3n) is 1.58. The smallest absolute Gasteiger partial charge is 0.208 e. The van der Waals surface area contributed by atoms with Crippen molar-refractivity contribution in [2.24, 2.45) is 0 Å². The largest absolute Gasteiger partial charge is 0.472 e. The SMILES string of the molecule is CS(=O)(=O)NCCNCc1ccoc1. The third kappa shape index (κ3) is 5.00. The molecule has 80 valence electrons. The van der Waals surface area contributed by atoms with E-state index in [1.165, 1.54) is 0 Å². The number of hydrogen-bond donors (Lipinski definition) is 2. The molecule has 0 saturated heterocycles. The van der Waals surface area contributed by atoms with Crippen LogP contribution < -0.4 is 10.0 Å². The molecule has 6 heteroatoms. The average molecular weight is 218 g/mol. The Bertz CT molecular complexity index is 345. The Hall–Kier alpha value is -0.850. The molecule has 0 saturated carbocycles. The zero-order valence-corrected chi connectivity index (χ0v) is 8.80. The van der Waals surface area contributed by atoms with Gasteiger partial charge in [-0.25, -0.2) is 13.1 Å². The molecule has 0 aromatic carbocycles. The summed E-state index contributed by atoms with van der Waals surface area (Å²) in [6.07, 6.45) is 4.39. The molecular weight excluding hydrogens is 204 g/mol. The van der Waals surface area contributed by atoms with E-state index in [0.29, 0.717) is 19.6 Å². The molecule has 14 heavy (non-hydrogen) atoms. The Morgan fingerprint density at radius 3 is 2.79 bits per heavy atom. The number of nitrogens with one attached hydrogen (secondary N) is 2. The summed E-state index contributed by atoms with van der Waals surface area (Å²) in [4.78, 5) is 0. The van der Waals surface area contributed by atoms with Gasteiger partial charge in [-0.3, -0.25) is 0 Å². The number of furan rings is 1. The van der Waals surface area contributed by atoms with Crippen LogP contribution in [0.3, 0.4) is 0 Å². The highest BCUT2D eigenvalue weighted by molar-refractivity contribution is 7.88. The van der Waals surface area contributed by atoms with Crippen molar-refractivity contribution >= 4 is 10.0 Å². The lowest BCUT2D eigenvalue weighted by molar-refractivity contribution is 0.559. The van der Waals surface area contributed by atoms with E-state index in [4.69, 9.17) is 4.42 Å². The van der Waals surface area contributed by atoms with E-state index in [-0.39, 0.29) is 0 Å². The van der Waals surface area contributed by atoms with Gasteiger partial charge in [0, 0.05) is 25.2 Å². The van der Waals surface area contributed by atoms with Crippen molar-refractivity contribution < 1.29 is 12.8 Å². The van der Waals surface area contributed by atoms with Crippen LogP contribution >= 0.6 is 0 Å². The first kappa shape index (κ1) is 11.2. The van der Waals surface area contributed by atoms with Crippen LogP contribution in [0.15, 0.2) is 23.0 Å². The van der Waals surface area contributed by atoms with Gasteiger partial charge in [-0.15, -0.1) is 0 Å². The van der Waals surface area contributed by atoms with Gasteiger partial charge < -0.3 is 9.73 Å². The summed E-state index contributed by atoms with van der Waals surface area (Å²) in [6.45, 7) is 1.68. The van der Waals surface area contributed by atoms with E-state index in [9.17, 15) is 8.42 Å². The molecule has 0 atom stereocenters. The minimum absolute atomic E-state index is 0.399. The molecule has 0 radical (unpaired) electrons. The van der Waals surface area contributed by atoms with Crippen LogP contribution in [-0.4, -0.2) is 27.8 Å². The van der Waals surface area contributed by atoms with Gasteiger partial charge in [-0.1, -0.05) is 0 Å². The van der Waals surface area contributed by atoms with Crippen molar-refractivity contribution in [2.75, 3.05) is 19.3 Å². The van der Waals surface area contributed by atoms with E-state index in [1.54, 1.807) is 12.5 Å². The molecular formula is C8H14N2O3S. The fourth-order valence-electron chi connectivity index (χ4n) is 0.951. The lowest BCUT2D eigenvalue weighted by atomic mass is 10.3. The Morgan fingerprint density at radius 1 is 1.43 bits per heavy atom. The van der Waals surface area contributed by atoms with Crippen LogP contribution in [0.2, 0.25) is 0 Å². The van der Waals surface area contributed by atoms with Crippen LogP contribution in [0, 0.1) is 0 Å². The first-order chi connectivity index (χ1) is 6.58. The van der Waals surface area contributed by atoms with Gasteiger partial charge in [0.1, 0.15) is 0 Å². The molecule has 2 N–H and O–H groups in total. The molecule has 1 aromatic rings. The minimum atomic E-state index is -3.07. The maximum Gasteiger partial charge on any atom is 0.208 e. The minimum Gasteiger partial charge on any atom is -0.472 e. The first-order valence-electron chi connectivity index (χ1n) is 4.24. The predicted octanol–water partition coefficient (Wildman–Crippen LogP) is -0.0816. The van der Waals surface area contributed by atoms with Crippen molar-refractivity contribution in [3.05, 3.63) is 24.2 Å². The molecule has 0 spiro atoms. The molecule has 0 amide bonds. The Morgan fingerprint density at radius 2 is 2.21 bits per heavy atom. The monoisotopic (exact) mass is 218 g/mol. The maximum absolute atomic E-state index is 10.7. The van der Waals surface area contributed by atoms with Gasteiger partial charge in [0.25, 0.3) is 0 Å². The van der Waals surface area contributed by atoms with Crippen molar-refractivity contribution in [1.82, 2.24) is 10.0 Å². The molecule has 0 aliphatic carbocycles. The van der Waals surface area contributed by atoms with E-state index in [2.05, 4.69) is 10.0 Å². The van der Waals surface area contributed by atoms with E-state index in [1.807, 2.05) is 6.07 Å². The number of hydrogen-bond acceptors (Lipinski definition) is 4. The van der Waals surface area contributed by atoms with Crippen LogP contribution in [0.25, 0.3) is 0 Å². The van der Waals surface area contributed by atoms with Crippen molar-refractivity contribution in [3.8, 4) is 0 Å². The highest BCUT2D eigenvalue weighted by Gasteiger charge is 1.98. The van der Waals surface area contributed by atoms with Crippen molar-refractivity contribution in [3.63, 3.8) is 0 Å². The van der Waals surface area contributed by atoms with Crippen LogP contribution in [0.4, 0.5) is 0 Å². The molecule has 0 bridgehead atoms. The molecule has 1 aromatic heterocycles. The van der Waals surface area contributed by atoms with E-state index >= 15 is 0 Å². The summed E-state index contributed by atoms with van der Waals surface area (Å²) < 4.78 is 28.6. The fourth-order valence-corrected chi connectivity index (χ4v) is 1.42. The standard InChI is InChI=1S/C8H14N2O3S/c1-14(11,12)10-4-3-9-6-8-2-5-13-7-8/h2,5,7,9-10H,3-4,6H2,1H3. The van der Waals surface area contributed by atoms with Gasteiger partial charge in [0.15, 0.2) is 0 Å². The summed E-state index contributed by atoms with van der Waals surface area (Å²) >= 11 is 0. The maximum atomic E-state index is 10.7. The van der Waals surface area contributed by atoms with Crippen molar-refractivity contribution in [1.29, 1.82) is 0 Å². The first-order valence-corrected chi connectivity index (χ1v) is 6.13. The summed E-state index contributed by atoms with van der Waals surface area (Å²) in [5.41, 5.74) is 1.05. The van der Waals surface area contributed by atoms with Crippen LogP contribution in [-0.2, 0) is 16.6 Å². The third-order valence-corrected chi connectivity index (χ3v) is 2.30. The zero-order chi connectivity index (χ0) is 10.4. The van der Waals surface area contributed by atoms with E-state index in [0.717, 1.165) is 11.8 Å². The van der Waals surface area contributed by atoms with Gasteiger partial charge in [0.05, 0.1) is 18.8 Å². The molecule has 5 nitrogen and oxygen atoms in total. The summed E-state index contributed by atoms with van der Waals surface area (Å²) in [7, 11) is -3.07. The molecule has 0 aliphatic heterocycles. The summed E-state index contributed by atoms with van der Waals surface area (Å²) in [5, 5.41) is 3.07. The van der Waals surface area contributed by atoms with Crippen molar-refractivity contribution in [2.45, 2.75) is 6.54 Å². The van der Waals surface area contributed by atoms with Gasteiger partial charge in [-0.2, -0.15) is 0 Å². The molecule has 1 rings (SSSR count). The number of rotatable bonds is 6. The highest BCUT2D eigenvalue weighted by Crippen LogP contribution is 1.97.